The molecular formula is C36H48O19. The first kappa shape index (κ1) is 43.5. The van der Waals surface area contributed by atoms with Gasteiger partial charge in [0.15, 0.2) is 49.2 Å². The van der Waals surface area contributed by atoms with Crippen LogP contribution in [0.25, 0.3) is 0 Å². The summed E-state index contributed by atoms with van der Waals surface area (Å²) in [6.45, 7) is 6.70. The standard InChI is InChI=1S/C36H48O19/c1-19(37)48-29-27-17-44-12-10-43-11-13-45-18-28-30(49-20(2)38)32(51-22(4)40)34(53-24(6)42)36(55-28)47-16-26-9-7-8-25(14-26)15-46-35(54-27)33(52-23(5)41)31(29)50-21(3)39/h7-9,14,27-36H,10-13,15-18H2,1-6H3/t27-,28-,29+,30+,31+,32+,33-,34-,35-,36-/m1/s1. The van der Waals surface area contributed by atoms with Gasteiger partial charge in [-0.05, 0) is 11.1 Å². The number of rotatable bonds is 6. The molecule has 19 nitrogen and oxygen atoms in total. The molecule has 0 spiro atoms. The van der Waals surface area contributed by atoms with Crippen molar-refractivity contribution < 1.29 is 90.3 Å². The lowest BCUT2D eigenvalue weighted by molar-refractivity contribution is -0.312. The molecule has 1 aromatic rings. The van der Waals surface area contributed by atoms with E-state index in [0.29, 0.717) is 11.1 Å². The van der Waals surface area contributed by atoms with E-state index < -0.39 is 97.2 Å². The third-order valence-corrected chi connectivity index (χ3v) is 8.12. The molecule has 2 saturated heterocycles. The fourth-order valence-electron chi connectivity index (χ4n) is 6.15. The molecule has 0 saturated carbocycles. The fourth-order valence-corrected chi connectivity index (χ4v) is 6.15. The van der Waals surface area contributed by atoms with Crippen molar-refractivity contribution in [2.75, 3.05) is 39.6 Å². The van der Waals surface area contributed by atoms with Gasteiger partial charge < -0.3 is 61.6 Å². The van der Waals surface area contributed by atoms with Crippen molar-refractivity contribution in [2.24, 2.45) is 0 Å². The molecule has 1 aromatic carbocycles. The molecule has 3 heterocycles. The third kappa shape index (κ3) is 13.5. The smallest absolute Gasteiger partial charge is 0.303 e. The van der Waals surface area contributed by atoms with Crippen LogP contribution in [0.2, 0.25) is 0 Å². The predicted molar refractivity (Wildman–Crippen MR) is 179 cm³/mol. The van der Waals surface area contributed by atoms with Crippen LogP contribution in [0.4, 0.5) is 0 Å². The van der Waals surface area contributed by atoms with Gasteiger partial charge in [-0.15, -0.1) is 0 Å². The van der Waals surface area contributed by atoms with Gasteiger partial charge in [0.1, 0.15) is 12.2 Å². The number of hydrogen-bond acceptors (Lipinski definition) is 19. The second-order valence-corrected chi connectivity index (χ2v) is 12.7. The van der Waals surface area contributed by atoms with Crippen LogP contribution in [0.5, 0.6) is 0 Å². The Morgan fingerprint density at radius 2 is 0.800 bits per heavy atom. The van der Waals surface area contributed by atoms with E-state index in [1.54, 1.807) is 24.3 Å². The summed E-state index contributed by atoms with van der Waals surface area (Å²) in [4.78, 5) is 73.3. The van der Waals surface area contributed by atoms with Crippen molar-refractivity contribution in [3.8, 4) is 0 Å². The van der Waals surface area contributed by atoms with E-state index in [2.05, 4.69) is 0 Å². The minimum atomic E-state index is -1.35. The average Bonchev–Trinajstić information content (AvgIpc) is 3.09. The zero-order valence-corrected chi connectivity index (χ0v) is 31.5. The van der Waals surface area contributed by atoms with E-state index in [1.165, 1.54) is 13.8 Å². The van der Waals surface area contributed by atoms with Gasteiger partial charge in [0.25, 0.3) is 0 Å². The Kier molecular flexibility index (Phi) is 16.7. The first-order valence-electron chi connectivity index (χ1n) is 17.6. The highest BCUT2D eigenvalue weighted by molar-refractivity contribution is 5.69. The first-order chi connectivity index (χ1) is 26.2. The molecule has 19 heteroatoms. The summed E-state index contributed by atoms with van der Waals surface area (Å²) in [7, 11) is 0. The number of esters is 6. The largest absolute Gasteiger partial charge is 0.456 e. The summed E-state index contributed by atoms with van der Waals surface area (Å²) < 4.78 is 74.9. The molecule has 3 aliphatic heterocycles. The van der Waals surface area contributed by atoms with Gasteiger partial charge in [0.2, 0.25) is 0 Å². The molecule has 306 valence electrons. The number of ether oxygens (including phenoxy) is 13. The van der Waals surface area contributed by atoms with E-state index in [0.717, 1.165) is 27.7 Å². The zero-order valence-electron chi connectivity index (χ0n) is 31.5. The van der Waals surface area contributed by atoms with E-state index >= 15 is 0 Å². The number of fused-ring (bicyclic) bond motifs is 6. The highest BCUT2D eigenvalue weighted by atomic mass is 16.7. The molecular weight excluding hydrogens is 736 g/mol. The monoisotopic (exact) mass is 784 g/mol. The van der Waals surface area contributed by atoms with Crippen LogP contribution >= 0.6 is 0 Å². The van der Waals surface area contributed by atoms with Gasteiger partial charge in [-0.1, -0.05) is 24.3 Å². The number of hydrogen-bond donors (Lipinski definition) is 0. The Labute approximate surface area is 317 Å². The topological polar surface area (TPSA) is 222 Å². The molecule has 4 rings (SSSR count). The van der Waals surface area contributed by atoms with Crippen molar-refractivity contribution in [3.63, 3.8) is 0 Å². The highest BCUT2D eigenvalue weighted by Gasteiger charge is 2.54. The first-order valence-corrected chi connectivity index (χ1v) is 17.6. The van der Waals surface area contributed by atoms with Crippen LogP contribution in [0, 0.1) is 0 Å². The van der Waals surface area contributed by atoms with Crippen molar-refractivity contribution in [2.45, 2.75) is 116 Å². The summed E-state index contributed by atoms with van der Waals surface area (Å²) in [5, 5.41) is 0. The second kappa shape index (κ2) is 21.2. The van der Waals surface area contributed by atoms with Crippen LogP contribution in [0.3, 0.4) is 0 Å². The minimum Gasteiger partial charge on any atom is -0.456 e. The number of carbonyl (C=O) groups is 6. The van der Waals surface area contributed by atoms with Gasteiger partial charge in [-0.3, -0.25) is 28.8 Å². The van der Waals surface area contributed by atoms with Crippen LogP contribution in [0.15, 0.2) is 24.3 Å². The SMILES string of the molecule is CC(=O)O[C@H]1[C@@H](OC(C)=O)[C@H]2COCCOCCOC[C@H]3O[C@@H](OCc4cccc(c4)CO[C@H](O2)[C@@H]1OC(C)=O)[C@H](OC(C)=O)[C@@H](OC(C)=O)[C@H]3OC(C)=O. The number of carbonyl (C=O) groups excluding carboxylic acids is 6. The lowest BCUT2D eigenvalue weighted by Gasteiger charge is -2.44. The van der Waals surface area contributed by atoms with Crippen molar-refractivity contribution in [1.82, 2.24) is 0 Å². The molecule has 6 bridgehead atoms. The fraction of sp³-hybridized carbons (Fsp3) is 0.667. The van der Waals surface area contributed by atoms with Crippen LogP contribution in [-0.2, 0) is 104 Å². The second-order valence-electron chi connectivity index (χ2n) is 12.7. The molecule has 10 atom stereocenters. The minimum absolute atomic E-state index is 0.0530. The maximum Gasteiger partial charge on any atom is 0.303 e. The lowest BCUT2D eigenvalue weighted by Crippen LogP contribution is -2.62. The average molecular weight is 785 g/mol. The summed E-state index contributed by atoms with van der Waals surface area (Å²) in [6, 6.07) is 6.93. The summed E-state index contributed by atoms with van der Waals surface area (Å²) in [6.07, 6.45) is -12.5. The Morgan fingerprint density at radius 3 is 1.16 bits per heavy atom. The van der Waals surface area contributed by atoms with Gasteiger partial charge in [0, 0.05) is 41.5 Å². The van der Waals surface area contributed by atoms with Crippen LogP contribution < -0.4 is 0 Å². The molecule has 55 heavy (non-hydrogen) atoms. The molecule has 0 amide bonds. The number of benzene rings is 1. The quantitative estimate of drug-likeness (QED) is 0.288. The molecule has 0 unspecified atom stereocenters. The van der Waals surface area contributed by atoms with Crippen LogP contribution in [0.1, 0.15) is 52.7 Å². The molecule has 3 aliphatic rings. The molecule has 0 aromatic heterocycles. The van der Waals surface area contributed by atoms with Gasteiger partial charge in [-0.2, -0.15) is 0 Å². The third-order valence-electron chi connectivity index (χ3n) is 8.12. The Bertz CT molecular complexity index is 1380. The predicted octanol–water partition coefficient (Wildman–Crippen LogP) is 0.823. The maximum atomic E-state index is 12.2. The van der Waals surface area contributed by atoms with Gasteiger partial charge >= 0.3 is 35.8 Å². The van der Waals surface area contributed by atoms with Gasteiger partial charge in [0.05, 0.1) is 52.9 Å². The molecule has 0 aliphatic carbocycles. The summed E-state index contributed by atoms with van der Waals surface area (Å²) >= 11 is 0. The maximum absolute atomic E-state index is 12.2. The highest BCUT2D eigenvalue weighted by Crippen LogP contribution is 2.32. The normalized spacial score (nSPS) is 30.8. The summed E-state index contributed by atoms with van der Waals surface area (Å²) in [5.74, 6) is -4.36. The zero-order chi connectivity index (χ0) is 40.1. The van der Waals surface area contributed by atoms with E-state index in [-0.39, 0.29) is 52.9 Å². The summed E-state index contributed by atoms with van der Waals surface area (Å²) in [5.41, 5.74) is 1.20. The molecule has 0 radical (unpaired) electrons. The van der Waals surface area contributed by atoms with Crippen LogP contribution in [-0.4, -0.2) is 137 Å². The van der Waals surface area contributed by atoms with E-state index in [4.69, 9.17) is 61.6 Å². The van der Waals surface area contributed by atoms with Crippen molar-refractivity contribution in [3.05, 3.63) is 35.4 Å². The van der Waals surface area contributed by atoms with E-state index in [9.17, 15) is 28.8 Å². The van der Waals surface area contributed by atoms with Gasteiger partial charge in [-0.25, -0.2) is 0 Å². The van der Waals surface area contributed by atoms with Crippen molar-refractivity contribution in [1.29, 1.82) is 0 Å². The van der Waals surface area contributed by atoms with Crippen molar-refractivity contribution >= 4 is 35.8 Å². The Hall–Kier alpha value is -4.24. The lowest BCUT2D eigenvalue weighted by atomic mass is 9.98. The Balaban J connectivity index is 1.65. The molecule has 2 fully saturated rings. The Morgan fingerprint density at radius 1 is 0.473 bits per heavy atom. The molecule has 0 N–H and O–H groups in total. The van der Waals surface area contributed by atoms with E-state index in [1.807, 2.05) is 0 Å².